The average Bonchev–Trinajstić information content (AvgIpc) is 3.49. The van der Waals surface area contributed by atoms with Crippen LogP contribution in [-0.4, -0.2) is 19.6 Å². The van der Waals surface area contributed by atoms with Gasteiger partial charge in [-0.15, -0.1) is 0 Å². The predicted molar refractivity (Wildman–Crippen MR) is 135 cm³/mol. The molecule has 0 spiro atoms. The Morgan fingerprint density at radius 3 is 2.64 bits per heavy atom. The highest BCUT2D eigenvalue weighted by atomic mass is 35.5. The Morgan fingerprint density at radius 1 is 1.09 bits per heavy atom. The highest BCUT2D eigenvalue weighted by Gasteiger charge is 2.41. The molecule has 1 aliphatic heterocycles. The van der Waals surface area contributed by atoms with Crippen LogP contribution in [0.3, 0.4) is 0 Å². The van der Waals surface area contributed by atoms with Gasteiger partial charge >= 0.3 is 0 Å². The summed E-state index contributed by atoms with van der Waals surface area (Å²) in [6.07, 6.45) is 3.49. The molecule has 1 saturated heterocycles. The Morgan fingerprint density at radius 2 is 1.94 bits per heavy atom. The summed E-state index contributed by atoms with van der Waals surface area (Å²) in [5.74, 6) is 0.848. The van der Waals surface area contributed by atoms with Crippen LogP contribution >= 0.6 is 35.4 Å². The van der Waals surface area contributed by atoms with E-state index in [0.717, 1.165) is 34.1 Å². The highest BCUT2D eigenvalue weighted by Crippen LogP contribution is 2.42. The minimum absolute atomic E-state index is 0.0801. The van der Waals surface area contributed by atoms with Crippen LogP contribution < -0.4 is 5.32 Å². The zero-order valence-electron chi connectivity index (χ0n) is 18.1. The highest BCUT2D eigenvalue weighted by molar-refractivity contribution is 7.80. The molecule has 0 saturated carbocycles. The molecule has 5 rings (SSSR count). The standard InChI is InChI=1S/C25H22Cl2N4OS/c1-15-12-19(16(2)31(15)22-9-8-17(26)13-20(22)27)24-23(21-7-3-4-10-28-21)29-25(33)30(24)14-18-6-5-11-32-18/h3-13,23-24H,14H2,1-2H3,(H,29,33)/t23-,24-/m0/s1. The maximum atomic E-state index is 6.58. The maximum absolute atomic E-state index is 6.58. The Hall–Kier alpha value is -2.80. The van der Waals surface area contributed by atoms with Gasteiger partial charge in [-0.1, -0.05) is 29.3 Å². The molecule has 1 fully saturated rings. The normalized spacial score (nSPS) is 18.1. The average molecular weight is 497 g/mol. The Bertz CT molecular complexity index is 1300. The van der Waals surface area contributed by atoms with Gasteiger partial charge in [0.25, 0.3) is 0 Å². The van der Waals surface area contributed by atoms with Crippen LogP contribution in [0.4, 0.5) is 0 Å². The van der Waals surface area contributed by atoms with Crippen LogP contribution in [0.2, 0.25) is 10.0 Å². The number of hydrogen-bond acceptors (Lipinski definition) is 3. The molecule has 2 atom stereocenters. The lowest BCUT2D eigenvalue weighted by atomic mass is 9.96. The fourth-order valence-corrected chi connectivity index (χ4v) is 5.40. The quantitative estimate of drug-likeness (QED) is 0.317. The molecule has 5 nitrogen and oxygen atoms in total. The number of furan rings is 1. The lowest BCUT2D eigenvalue weighted by Crippen LogP contribution is -2.29. The summed E-state index contributed by atoms with van der Waals surface area (Å²) in [6, 6.07) is 17.4. The second-order valence-electron chi connectivity index (χ2n) is 8.09. The van der Waals surface area contributed by atoms with Crippen molar-refractivity contribution in [2.75, 3.05) is 0 Å². The molecule has 0 radical (unpaired) electrons. The van der Waals surface area contributed by atoms with Crippen molar-refractivity contribution in [3.8, 4) is 5.69 Å². The summed E-state index contributed by atoms with van der Waals surface area (Å²) in [7, 11) is 0. The van der Waals surface area contributed by atoms with Gasteiger partial charge in [0.15, 0.2) is 5.11 Å². The van der Waals surface area contributed by atoms with Crippen molar-refractivity contribution in [2.45, 2.75) is 32.5 Å². The first-order chi connectivity index (χ1) is 15.9. The van der Waals surface area contributed by atoms with Crippen molar-refractivity contribution in [3.63, 3.8) is 0 Å². The van der Waals surface area contributed by atoms with E-state index in [9.17, 15) is 0 Å². The fourth-order valence-electron chi connectivity index (χ4n) is 4.61. The molecule has 168 valence electrons. The monoisotopic (exact) mass is 496 g/mol. The first-order valence-electron chi connectivity index (χ1n) is 10.6. The van der Waals surface area contributed by atoms with Crippen LogP contribution in [0.5, 0.6) is 0 Å². The van der Waals surface area contributed by atoms with Crippen molar-refractivity contribution in [2.24, 2.45) is 0 Å². The zero-order valence-corrected chi connectivity index (χ0v) is 20.5. The van der Waals surface area contributed by atoms with Gasteiger partial charge in [-0.2, -0.15) is 0 Å². The molecule has 0 aliphatic carbocycles. The van der Waals surface area contributed by atoms with Crippen molar-refractivity contribution in [3.05, 3.63) is 106 Å². The van der Waals surface area contributed by atoms with Crippen LogP contribution in [0.1, 0.15) is 40.5 Å². The summed E-state index contributed by atoms with van der Waals surface area (Å²) in [5, 5.41) is 5.37. The number of halogens is 2. The van der Waals surface area contributed by atoms with Crippen molar-refractivity contribution in [1.82, 2.24) is 19.8 Å². The van der Waals surface area contributed by atoms with Crippen LogP contribution in [0, 0.1) is 13.8 Å². The van der Waals surface area contributed by atoms with E-state index in [1.54, 1.807) is 12.3 Å². The predicted octanol–water partition coefficient (Wildman–Crippen LogP) is 6.56. The number of nitrogens with zero attached hydrogens (tertiary/aromatic N) is 3. The smallest absolute Gasteiger partial charge is 0.170 e. The second-order valence-corrected chi connectivity index (χ2v) is 9.32. The zero-order chi connectivity index (χ0) is 23.1. The number of pyridine rings is 1. The second kappa shape index (κ2) is 8.86. The SMILES string of the molecule is Cc1cc([C@H]2[C@H](c3ccccn3)NC(=S)N2Cc2ccco2)c(C)n1-c1ccc(Cl)cc1Cl. The third-order valence-corrected chi connectivity index (χ3v) is 6.93. The summed E-state index contributed by atoms with van der Waals surface area (Å²) < 4.78 is 7.81. The maximum Gasteiger partial charge on any atom is 0.170 e. The van der Waals surface area contributed by atoms with Gasteiger partial charge in [0.05, 0.1) is 41.3 Å². The minimum atomic E-state index is -0.108. The summed E-state index contributed by atoms with van der Waals surface area (Å²) >= 11 is 18.5. The number of nitrogens with one attached hydrogen (secondary N) is 1. The van der Waals surface area contributed by atoms with Crippen molar-refractivity contribution in [1.29, 1.82) is 0 Å². The fraction of sp³-hybridized carbons (Fsp3) is 0.200. The molecule has 4 aromatic rings. The van der Waals surface area contributed by atoms with Crippen molar-refractivity contribution >= 4 is 40.5 Å². The lowest BCUT2D eigenvalue weighted by Gasteiger charge is -2.27. The van der Waals surface area contributed by atoms with Gasteiger partial charge < -0.3 is 19.2 Å². The molecule has 0 unspecified atom stereocenters. The molecule has 0 amide bonds. The van der Waals surface area contributed by atoms with Gasteiger partial charge in [-0.25, -0.2) is 0 Å². The Labute approximate surface area is 207 Å². The topological polar surface area (TPSA) is 46.2 Å². The molecule has 0 bridgehead atoms. The van der Waals surface area contributed by atoms with Crippen LogP contribution in [0.15, 0.2) is 71.5 Å². The van der Waals surface area contributed by atoms with E-state index in [2.05, 4.69) is 39.7 Å². The summed E-state index contributed by atoms with van der Waals surface area (Å²) in [4.78, 5) is 6.80. The first kappa shape index (κ1) is 22.0. The number of hydrogen-bond donors (Lipinski definition) is 1. The van der Waals surface area contributed by atoms with E-state index in [4.69, 9.17) is 39.8 Å². The van der Waals surface area contributed by atoms with E-state index in [1.807, 2.05) is 48.7 Å². The summed E-state index contributed by atoms with van der Waals surface area (Å²) in [5.41, 5.74) is 5.12. The van der Waals surface area contributed by atoms with Crippen LogP contribution in [0.25, 0.3) is 5.69 Å². The molecule has 4 heterocycles. The molecule has 1 N–H and O–H groups in total. The lowest BCUT2D eigenvalue weighted by molar-refractivity contribution is 0.286. The van der Waals surface area contributed by atoms with E-state index in [-0.39, 0.29) is 12.1 Å². The van der Waals surface area contributed by atoms with Gasteiger partial charge in [0.1, 0.15) is 5.76 Å². The van der Waals surface area contributed by atoms with E-state index in [1.165, 1.54) is 0 Å². The van der Waals surface area contributed by atoms with Crippen LogP contribution in [-0.2, 0) is 6.54 Å². The Balaban J connectivity index is 1.64. The van der Waals surface area contributed by atoms with Gasteiger partial charge in [-0.3, -0.25) is 4.98 Å². The molecular weight excluding hydrogens is 475 g/mol. The molecule has 33 heavy (non-hydrogen) atoms. The third kappa shape index (κ3) is 4.03. The third-order valence-electron chi connectivity index (χ3n) is 6.04. The molecule has 1 aliphatic rings. The van der Waals surface area contributed by atoms with Gasteiger partial charge in [0, 0.05) is 22.6 Å². The summed E-state index contributed by atoms with van der Waals surface area (Å²) in [6.45, 7) is 4.74. The number of rotatable bonds is 5. The van der Waals surface area contributed by atoms with Gasteiger partial charge in [0.2, 0.25) is 0 Å². The molecule has 1 aromatic carbocycles. The number of benzene rings is 1. The minimum Gasteiger partial charge on any atom is -0.467 e. The van der Waals surface area contributed by atoms with E-state index < -0.39 is 0 Å². The number of thiocarbonyl (C=S) groups is 1. The van der Waals surface area contributed by atoms with E-state index >= 15 is 0 Å². The first-order valence-corrected chi connectivity index (χ1v) is 11.7. The molecule has 8 heteroatoms. The largest absolute Gasteiger partial charge is 0.467 e. The van der Waals surface area contributed by atoms with Gasteiger partial charge in [-0.05, 0) is 80.2 Å². The van der Waals surface area contributed by atoms with Crippen molar-refractivity contribution < 1.29 is 4.42 Å². The van der Waals surface area contributed by atoms with E-state index in [0.29, 0.717) is 21.7 Å². The molecule has 3 aromatic heterocycles. The number of aryl methyl sites for hydroxylation is 1. The number of aromatic nitrogens is 2. The molecular formula is C25H22Cl2N4OS. The Kier molecular flexibility index (Phi) is 5.91.